The molecule has 0 atom stereocenters. The molecule has 2 rings (SSSR count). The number of aromatic amines is 2. The zero-order valence-electron chi connectivity index (χ0n) is 6.56. The number of H-pyrrole nitrogens is 2. The fourth-order valence-electron chi connectivity index (χ4n) is 0.333. The Morgan fingerprint density at radius 3 is 0.923 bits per heavy atom. The molecule has 0 aliphatic rings. The van der Waals surface area contributed by atoms with Crippen LogP contribution in [0, 0.1) is 0 Å². The summed E-state index contributed by atoms with van der Waals surface area (Å²) in [6.07, 6.45) is 6.33. The second kappa shape index (κ2) is 14.4. The number of rotatable bonds is 0. The molecule has 2 N–H and O–H groups in total. The van der Waals surface area contributed by atoms with Crippen LogP contribution in [-0.4, -0.2) is 30.8 Å². The molecule has 6 nitrogen and oxygen atoms in total. The summed E-state index contributed by atoms with van der Waals surface area (Å²) >= 11 is 0. The Kier molecular flexibility index (Phi) is 20.6. The summed E-state index contributed by atoms with van der Waals surface area (Å²) in [6, 6.07) is 0. The molecule has 0 spiro atoms. The SMILES string of the molecule is [Br-].[Br-].[Zn+2].c1cn[nH]n1.c1cn[nH]n1. The van der Waals surface area contributed by atoms with Crippen LogP contribution in [0.25, 0.3) is 0 Å². The van der Waals surface area contributed by atoms with E-state index >= 15 is 0 Å². The van der Waals surface area contributed by atoms with Crippen molar-refractivity contribution in [2.24, 2.45) is 0 Å². The number of hydrogen-bond donors (Lipinski definition) is 2. The fraction of sp³-hybridized carbons (Fsp3) is 0. The molecule has 0 radical (unpaired) electrons. The first-order valence-electron chi connectivity index (χ1n) is 2.59. The largest absolute Gasteiger partial charge is 2.00 e. The van der Waals surface area contributed by atoms with E-state index in [4.69, 9.17) is 0 Å². The van der Waals surface area contributed by atoms with Crippen LogP contribution in [0.1, 0.15) is 0 Å². The first-order valence-corrected chi connectivity index (χ1v) is 2.59. The maximum absolute atomic E-state index is 3.49. The van der Waals surface area contributed by atoms with E-state index in [1.165, 1.54) is 0 Å². The average Bonchev–Trinajstić information content (AvgIpc) is 2.67. The minimum absolute atomic E-state index is 0. The molecular weight excluding hydrogens is 357 g/mol. The topological polar surface area (TPSA) is 83.1 Å². The monoisotopic (exact) mass is 360 g/mol. The van der Waals surface area contributed by atoms with Gasteiger partial charge in [0.05, 0.1) is 24.8 Å². The number of aromatic nitrogens is 6. The summed E-state index contributed by atoms with van der Waals surface area (Å²) in [6.45, 7) is 0. The summed E-state index contributed by atoms with van der Waals surface area (Å²) in [4.78, 5) is 0. The Morgan fingerprint density at radius 2 is 0.846 bits per heavy atom. The zero-order valence-corrected chi connectivity index (χ0v) is 12.7. The first-order chi connectivity index (χ1) is 5.00. The van der Waals surface area contributed by atoms with Crippen molar-refractivity contribution in [2.75, 3.05) is 0 Å². The van der Waals surface area contributed by atoms with Crippen LogP contribution >= 0.6 is 0 Å². The molecule has 0 aromatic carbocycles. The van der Waals surface area contributed by atoms with Gasteiger partial charge in [-0.3, -0.25) is 0 Å². The van der Waals surface area contributed by atoms with Crippen molar-refractivity contribution in [1.29, 1.82) is 0 Å². The molecule has 9 heteroatoms. The number of nitrogens with one attached hydrogen (secondary N) is 2. The van der Waals surface area contributed by atoms with E-state index < -0.39 is 0 Å². The smallest absolute Gasteiger partial charge is 1.00 e. The molecular formula is C4H6Br2N6Zn. The number of hydrogen-bond acceptors (Lipinski definition) is 4. The predicted molar refractivity (Wildman–Crippen MR) is 32.8 cm³/mol. The quantitative estimate of drug-likeness (QED) is 0.456. The molecule has 0 saturated heterocycles. The molecule has 0 aliphatic carbocycles. The van der Waals surface area contributed by atoms with E-state index in [9.17, 15) is 0 Å². The van der Waals surface area contributed by atoms with Crippen molar-refractivity contribution in [3.05, 3.63) is 24.8 Å². The van der Waals surface area contributed by atoms with Crippen molar-refractivity contribution < 1.29 is 53.4 Å². The average molecular weight is 363 g/mol. The Labute approximate surface area is 109 Å². The van der Waals surface area contributed by atoms with Gasteiger partial charge >= 0.3 is 19.5 Å². The van der Waals surface area contributed by atoms with Crippen LogP contribution in [0.2, 0.25) is 0 Å². The summed E-state index contributed by atoms with van der Waals surface area (Å²) < 4.78 is 0. The molecule has 2 aromatic rings. The van der Waals surface area contributed by atoms with Gasteiger partial charge in [-0.25, -0.2) is 0 Å². The van der Waals surface area contributed by atoms with Crippen LogP contribution in [0.15, 0.2) is 24.8 Å². The summed E-state index contributed by atoms with van der Waals surface area (Å²) in [5, 5.41) is 18.7. The van der Waals surface area contributed by atoms with Crippen LogP contribution in [0.5, 0.6) is 0 Å². The van der Waals surface area contributed by atoms with Gasteiger partial charge in [0, 0.05) is 0 Å². The third-order valence-electron chi connectivity index (χ3n) is 0.662. The van der Waals surface area contributed by atoms with Gasteiger partial charge in [-0.2, -0.15) is 30.8 Å². The van der Waals surface area contributed by atoms with Gasteiger partial charge in [0.2, 0.25) is 0 Å². The molecule has 0 saturated carbocycles. The number of nitrogens with zero attached hydrogens (tertiary/aromatic N) is 4. The van der Waals surface area contributed by atoms with Crippen molar-refractivity contribution >= 4 is 0 Å². The van der Waals surface area contributed by atoms with Gasteiger partial charge in [-0.15, -0.1) is 0 Å². The summed E-state index contributed by atoms with van der Waals surface area (Å²) in [7, 11) is 0. The van der Waals surface area contributed by atoms with E-state index in [2.05, 4.69) is 30.8 Å². The first kappa shape index (κ1) is 18.6. The van der Waals surface area contributed by atoms with Gasteiger partial charge in [0.25, 0.3) is 0 Å². The number of halogens is 2. The van der Waals surface area contributed by atoms with Gasteiger partial charge in [0.1, 0.15) is 0 Å². The van der Waals surface area contributed by atoms with Crippen molar-refractivity contribution in [3.63, 3.8) is 0 Å². The standard InChI is InChI=1S/2C2H3N3.2BrH.Zn/c2*1-2-4-5-3-1;;;/h2*1-2H,(H,3,4,5);2*1H;/q;;;;+2/p-2. The third-order valence-corrected chi connectivity index (χ3v) is 0.662. The van der Waals surface area contributed by atoms with Crippen LogP contribution in [-0.2, 0) is 19.5 Å². The molecule has 13 heavy (non-hydrogen) atoms. The molecule has 0 aliphatic heterocycles. The van der Waals surface area contributed by atoms with Crippen LogP contribution in [0.4, 0.5) is 0 Å². The molecule has 2 heterocycles. The Morgan fingerprint density at radius 1 is 0.615 bits per heavy atom. The maximum atomic E-state index is 3.49. The van der Waals surface area contributed by atoms with E-state index in [1.807, 2.05) is 0 Å². The van der Waals surface area contributed by atoms with E-state index in [0.717, 1.165) is 0 Å². The van der Waals surface area contributed by atoms with Crippen molar-refractivity contribution in [3.8, 4) is 0 Å². The normalized spacial score (nSPS) is 6.15. The van der Waals surface area contributed by atoms with Crippen molar-refractivity contribution in [1.82, 2.24) is 30.8 Å². The van der Waals surface area contributed by atoms with Gasteiger partial charge < -0.3 is 34.0 Å². The van der Waals surface area contributed by atoms with E-state index in [1.54, 1.807) is 24.8 Å². The predicted octanol–water partition coefficient (Wildman–Crippen LogP) is -6.39. The van der Waals surface area contributed by atoms with Gasteiger partial charge in [-0.05, 0) is 0 Å². The maximum Gasteiger partial charge on any atom is 2.00 e. The molecule has 0 amide bonds. The molecule has 2 aromatic heterocycles. The minimum atomic E-state index is 0. The fourth-order valence-corrected chi connectivity index (χ4v) is 0.333. The second-order valence-electron chi connectivity index (χ2n) is 1.31. The molecule has 0 bridgehead atoms. The summed E-state index contributed by atoms with van der Waals surface area (Å²) in [5.74, 6) is 0. The van der Waals surface area contributed by atoms with Crippen molar-refractivity contribution in [2.45, 2.75) is 0 Å². The van der Waals surface area contributed by atoms with E-state index in [0.29, 0.717) is 0 Å². The Hall–Kier alpha value is -0.137. The molecule has 0 unspecified atom stereocenters. The summed E-state index contributed by atoms with van der Waals surface area (Å²) in [5.41, 5.74) is 0. The molecule has 0 fully saturated rings. The second-order valence-corrected chi connectivity index (χ2v) is 1.31. The van der Waals surface area contributed by atoms with E-state index in [-0.39, 0.29) is 53.4 Å². The Balaban J connectivity index is -0.000000125. The van der Waals surface area contributed by atoms with Gasteiger partial charge in [-0.1, -0.05) is 0 Å². The third kappa shape index (κ3) is 11.9. The zero-order chi connectivity index (χ0) is 7.07. The van der Waals surface area contributed by atoms with Gasteiger partial charge in [0.15, 0.2) is 0 Å². The van der Waals surface area contributed by atoms with Crippen LogP contribution < -0.4 is 34.0 Å². The molecule has 68 valence electrons. The Bertz CT molecular complexity index is 162. The van der Waals surface area contributed by atoms with Crippen LogP contribution in [0.3, 0.4) is 0 Å². The minimum Gasteiger partial charge on any atom is -1.00 e.